The number of carboxylic acid groups (broad SMARTS) is 1. The number of rotatable bonds is 5. The van der Waals surface area contributed by atoms with Crippen molar-refractivity contribution in [2.75, 3.05) is 20.8 Å². The summed E-state index contributed by atoms with van der Waals surface area (Å²) in [6, 6.07) is 2.96. The van der Waals surface area contributed by atoms with Crippen molar-refractivity contribution in [1.29, 1.82) is 0 Å². The van der Waals surface area contributed by atoms with Crippen molar-refractivity contribution < 1.29 is 24.5 Å². The Labute approximate surface area is 93.2 Å². The minimum absolute atomic E-state index is 0.0618. The number of aliphatic hydroxyl groups is 1. The highest BCUT2D eigenvalue weighted by atomic mass is 16.5. The van der Waals surface area contributed by atoms with Crippen LogP contribution in [0.3, 0.4) is 0 Å². The molecule has 5 nitrogen and oxygen atoms in total. The molecule has 0 spiro atoms. The summed E-state index contributed by atoms with van der Waals surface area (Å²) in [7, 11) is 2.88. The van der Waals surface area contributed by atoms with Crippen LogP contribution in [0, 0.1) is 0 Å². The van der Waals surface area contributed by atoms with Crippen LogP contribution >= 0.6 is 0 Å². The van der Waals surface area contributed by atoms with Gasteiger partial charge < -0.3 is 19.7 Å². The molecule has 0 bridgehead atoms. The number of hydrogen-bond acceptors (Lipinski definition) is 4. The minimum Gasteiger partial charge on any atom is -0.496 e. The number of ether oxygens (including phenoxy) is 2. The zero-order valence-electron chi connectivity index (χ0n) is 9.19. The molecule has 0 unspecified atom stereocenters. The molecule has 16 heavy (non-hydrogen) atoms. The first-order valence-electron chi connectivity index (χ1n) is 4.73. The minimum atomic E-state index is -1.07. The lowest BCUT2D eigenvalue weighted by molar-refractivity contribution is 0.0693. The van der Waals surface area contributed by atoms with Crippen LogP contribution in [-0.4, -0.2) is 37.0 Å². The molecule has 0 saturated carbocycles. The first-order valence-corrected chi connectivity index (χ1v) is 4.73. The molecular formula is C11H14O5. The lowest BCUT2D eigenvalue weighted by atomic mass is 10.1. The number of carboxylic acids is 1. The van der Waals surface area contributed by atoms with Gasteiger partial charge in [0.15, 0.2) is 0 Å². The van der Waals surface area contributed by atoms with E-state index in [-0.39, 0.29) is 17.9 Å². The SMILES string of the molecule is COc1cc(OC)c(C(=O)O)cc1CCO. The fraction of sp³-hybridized carbons (Fsp3) is 0.364. The Hall–Kier alpha value is -1.75. The normalized spacial score (nSPS) is 9.94. The Bertz CT molecular complexity index is 386. The smallest absolute Gasteiger partial charge is 0.339 e. The van der Waals surface area contributed by atoms with E-state index in [2.05, 4.69) is 0 Å². The highest BCUT2D eigenvalue weighted by Crippen LogP contribution is 2.29. The molecule has 0 aromatic heterocycles. The number of carbonyl (C=O) groups is 1. The summed E-state index contributed by atoms with van der Waals surface area (Å²) in [4.78, 5) is 11.0. The first kappa shape index (κ1) is 12.3. The molecule has 0 saturated heterocycles. The quantitative estimate of drug-likeness (QED) is 0.781. The van der Waals surface area contributed by atoms with Crippen LogP contribution in [-0.2, 0) is 6.42 Å². The van der Waals surface area contributed by atoms with Crippen molar-refractivity contribution in [2.45, 2.75) is 6.42 Å². The number of aromatic carboxylic acids is 1. The van der Waals surface area contributed by atoms with E-state index in [1.807, 2.05) is 0 Å². The summed E-state index contributed by atoms with van der Waals surface area (Å²) in [5.74, 6) is -0.319. The highest BCUT2D eigenvalue weighted by Gasteiger charge is 2.15. The molecule has 1 aromatic carbocycles. The van der Waals surface area contributed by atoms with Gasteiger partial charge in [-0.3, -0.25) is 0 Å². The highest BCUT2D eigenvalue weighted by molar-refractivity contribution is 5.91. The van der Waals surface area contributed by atoms with E-state index in [0.717, 1.165) is 0 Å². The summed E-state index contributed by atoms with van der Waals surface area (Å²) in [6.07, 6.45) is 0.341. The predicted molar refractivity (Wildman–Crippen MR) is 57.3 cm³/mol. The van der Waals surface area contributed by atoms with Gasteiger partial charge in [0.1, 0.15) is 17.1 Å². The van der Waals surface area contributed by atoms with Crippen LogP contribution in [0.1, 0.15) is 15.9 Å². The largest absolute Gasteiger partial charge is 0.496 e. The second-order valence-electron chi connectivity index (χ2n) is 3.14. The van der Waals surface area contributed by atoms with Crippen molar-refractivity contribution >= 4 is 5.97 Å². The summed E-state index contributed by atoms with van der Waals surface area (Å²) in [5.41, 5.74) is 0.704. The van der Waals surface area contributed by atoms with Gasteiger partial charge in [-0.05, 0) is 18.1 Å². The Morgan fingerprint density at radius 2 is 1.88 bits per heavy atom. The van der Waals surface area contributed by atoms with Crippen molar-refractivity contribution in [3.05, 3.63) is 23.3 Å². The van der Waals surface area contributed by atoms with E-state index in [1.165, 1.54) is 26.4 Å². The maximum absolute atomic E-state index is 11.0. The summed E-state index contributed by atoms with van der Waals surface area (Å²) in [6.45, 7) is -0.0677. The maximum Gasteiger partial charge on any atom is 0.339 e. The Morgan fingerprint density at radius 1 is 1.25 bits per heavy atom. The fourth-order valence-corrected chi connectivity index (χ4v) is 1.45. The third kappa shape index (κ3) is 2.43. The fourth-order valence-electron chi connectivity index (χ4n) is 1.45. The average Bonchev–Trinajstić information content (AvgIpc) is 2.28. The average molecular weight is 226 g/mol. The summed E-state index contributed by atoms with van der Waals surface area (Å²) >= 11 is 0. The molecule has 1 aromatic rings. The van der Waals surface area contributed by atoms with Crippen molar-refractivity contribution in [1.82, 2.24) is 0 Å². The van der Waals surface area contributed by atoms with Gasteiger partial charge in [0, 0.05) is 12.7 Å². The van der Waals surface area contributed by atoms with Gasteiger partial charge in [-0.15, -0.1) is 0 Å². The zero-order valence-corrected chi connectivity index (χ0v) is 9.19. The van der Waals surface area contributed by atoms with Gasteiger partial charge in [-0.25, -0.2) is 4.79 Å². The molecule has 0 aliphatic rings. The van der Waals surface area contributed by atoms with Gasteiger partial charge in [0.05, 0.1) is 14.2 Å². The number of methoxy groups -OCH3 is 2. The Balaban J connectivity index is 3.28. The molecule has 1 rings (SSSR count). The number of hydrogen-bond donors (Lipinski definition) is 2. The lowest BCUT2D eigenvalue weighted by Crippen LogP contribution is -2.04. The van der Waals surface area contributed by atoms with Gasteiger partial charge in [0.25, 0.3) is 0 Å². The number of aliphatic hydroxyl groups excluding tert-OH is 1. The Kier molecular flexibility index (Phi) is 4.13. The van der Waals surface area contributed by atoms with Crippen LogP contribution < -0.4 is 9.47 Å². The van der Waals surface area contributed by atoms with Crippen LogP contribution in [0.25, 0.3) is 0 Å². The molecule has 0 amide bonds. The van der Waals surface area contributed by atoms with E-state index < -0.39 is 5.97 Å². The number of benzene rings is 1. The van der Waals surface area contributed by atoms with Gasteiger partial charge in [-0.1, -0.05) is 0 Å². The topological polar surface area (TPSA) is 76.0 Å². The maximum atomic E-state index is 11.0. The second-order valence-corrected chi connectivity index (χ2v) is 3.14. The molecule has 0 radical (unpaired) electrons. The van der Waals surface area contributed by atoms with E-state index >= 15 is 0 Å². The molecule has 2 N–H and O–H groups in total. The van der Waals surface area contributed by atoms with E-state index in [9.17, 15) is 4.79 Å². The van der Waals surface area contributed by atoms with Crippen molar-refractivity contribution in [2.24, 2.45) is 0 Å². The monoisotopic (exact) mass is 226 g/mol. The lowest BCUT2D eigenvalue weighted by Gasteiger charge is -2.12. The molecule has 0 atom stereocenters. The van der Waals surface area contributed by atoms with Crippen molar-refractivity contribution in [3.63, 3.8) is 0 Å². The van der Waals surface area contributed by atoms with E-state index in [4.69, 9.17) is 19.7 Å². The van der Waals surface area contributed by atoms with Gasteiger partial charge in [-0.2, -0.15) is 0 Å². The van der Waals surface area contributed by atoms with Crippen LogP contribution in [0.4, 0.5) is 0 Å². The van der Waals surface area contributed by atoms with Crippen LogP contribution in [0.5, 0.6) is 11.5 Å². The third-order valence-electron chi connectivity index (χ3n) is 2.21. The molecular weight excluding hydrogens is 212 g/mol. The second kappa shape index (κ2) is 5.37. The van der Waals surface area contributed by atoms with Crippen LogP contribution in [0.2, 0.25) is 0 Å². The Morgan fingerprint density at radius 3 is 2.31 bits per heavy atom. The van der Waals surface area contributed by atoms with Gasteiger partial charge in [0.2, 0.25) is 0 Å². The molecule has 0 fully saturated rings. The summed E-state index contributed by atoms with van der Waals surface area (Å²) < 4.78 is 10.0. The molecule has 88 valence electrons. The molecule has 0 aliphatic heterocycles. The van der Waals surface area contributed by atoms with Gasteiger partial charge >= 0.3 is 5.97 Å². The van der Waals surface area contributed by atoms with Crippen molar-refractivity contribution in [3.8, 4) is 11.5 Å². The standard InChI is InChI=1S/C11H14O5/c1-15-9-6-10(16-2)8(11(13)14)5-7(9)3-4-12/h5-6,12H,3-4H2,1-2H3,(H,13,14). The summed E-state index contributed by atoms with van der Waals surface area (Å²) in [5, 5.41) is 17.8. The van der Waals surface area contributed by atoms with E-state index in [0.29, 0.717) is 17.7 Å². The predicted octanol–water partition coefficient (Wildman–Crippen LogP) is 0.937. The molecule has 5 heteroatoms. The molecule has 0 aliphatic carbocycles. The first-order chi connectivity index (χ1) is 7.63. The molecule has 0 heterocycles. The third-order valence-corrected chi connectivity index (χ3v) is 2.21. The van der Waals surface area contributed by atoms with Crippen LogP contribution in [0.15, 0.2) is 12.1 Å². The zero-order chi connectivity index (χ0) is 12.1. The van der Waals surface area contributed by atoms with E-state index in [1.54, 1.807) is 0 Å².